The maximum absolute atomic E-state index is 9.49. The fraction of sp³-hybridized carbons (Fsp3) is 0.692. The maximum atomic E-state index is 9.49. The van der Waals surface area contributed by atoms with Gasteiger partial charge >= 0.3 is 0 Å². The molecule has 0 atom stereocenters. The van der Waals surface area contributed by atoms with Crippen LogP contribution in [0.25, 0.3) is 0 Å². The normalized spacial score (nSPS) is 17.8. The lowest BCUT2D eigenvalue weighted by molar-refractivity contribution is 0.145. The molecule has 1 N–H and O–H groups in total. The molecule has 0 radical (unpaired) electrons. The number of rotatable bonds is 3. The van der Waals surface area contributed by atoms with Gasteiger partial charge in [-0.2, -0.15) is 0 Å². The standard InChI is InChI=1S/C13H21N3O/c1-10(2)7-11-8-13(15-9-14-11)16-5-3-12(17)4-6-16/h8-10,12,17H,3-7H2,1-2H3. The van der Waals surface area contributed by atoms with Crippen LogP contribution in [0.15, 0.2) is 12.4 Å². The van der Waals surface area contributed by atoms with E-state index in [0.717, 1.165) is 43.9 Å². The Morgan fingerprint density at radius 3 is 2.71 bits per heavy atom. The van der Waals surface area contributed by atoms with Crippen LogP contribution < -0.4 is 4.90 Å². The molecule has 0 aromatic carbocycles. The summed E-state index contributed by atoms with van der Waals surface area (Å²) in [4.78, 5) is 10.9. The minimum Gasteiger partial charge on any atom is -0.393 e. The van der Waals surface area contributed by atoms with Gasteiger partial charge in [0.2, 0.25) is 0 Å². The van der Waals surface area contributed by atoms with Crippen LogP contribution in [0.2, 0.25) is 0 Å². The van der Waals surface area contributed by atoms with E-state index in [1.807, 2.05) is 0 Å². The third kappa shape index (κ3) is 3.40. The Labute approximate surface area is 103 Å². The number of hydrogen-bond donors (Lipinski definition) is 1. The van der Waals surface area contributed by atoms with Crippen LogP contribution >= 0.6 is 0 Å². The van der Waals surface area contributed by atoms with Gasteiger partial charge in [0.25, 0.3) is 0 Å². The van der Waals surface area contributed by atoms with Gasteiger partial charge in [0.05, 0.1) is 6.10 Å². The zero-order valence-electron chi connectivity index (χ0n) is 10.6. The molecule has 1 fully saturated rings. The monoisotopic (exact) mass is 235 g/mol. The molecular weight excluding hydrogens is 214 g/mol. The molecule has 0 unspecified atom stereocenters. The molecular formula is C13H21N3O. The van der Waals surface area contributed by atoms with Crippen molar-refractivity contribution in [2.24, 2.45) is 5.92 Å². The Balaban J connectivity index is 2.05. The predicted molar refractivity (Wildman–Crippen MR) is 68.0 cm³/mol. The van der Waals surface area contributed by atoms with Crippen molar-refractivity contribution in [3.05, 3.63) is 18.1 Å². The van der Waals surface area contributed by atoms with Crippen LogP contribution in [-0.4, -0.2) is 34.3 Å². The minimum atomic E-state index is -0.136. The van der Waals surface area contributed by atoms with E-state index >= 15 is 0 Å². The molecule has 17 heavy (non-hydrogen) atoms. The summed E-state index contributed by atoms with van der Waals surface area (Å²) in [5, 5.41) is 9.49. The Bertz CT molecular complexity index is 359. The van der Waals surface area contributed by atoms with Gasteiger partial charge in [-0.15, -0.1) is 0 Å². The average molecular weight is 235 g/mol. The number of hydrogen-bond acceptors (Lipinski definition) is 4. The van der Waals surface area contributed by atoms with Gasteiger partial charge in [-0.1, -0.05) is 13.8 Å². The summed E-state index contributed by atoms with van der Waals surface area (Å²) in [5.41, 5.74) is 1.11. The fourth-order valence-corrected chi connectivity index (χ4v) is 2.18. The molecule has 0 amide bonds. The van der Waals surface area contributed by atoms with Crippen molar-refractivity contribution in [3.8, 4) is 0 Å². The van der Waals surface area contributed by atoms with Crippen molar-refractivity contribution in [2.45, 2.75) is 39.2 Å². The molecule has 0 aliphatic carbocycles. The lowest BCUT2D eigenvalue weighted by Crippen LogP contribution is -2.36. The van der Waals surface area contributed by atoms with Gasteiger partial charge in [0, 0.05) is 24.8 Å². The summed E-state index contributed by atoms with van der Waals surface area (Å²) < 4.78 is 0. The molecule has 4 nitrogen and oxygen atoms in total. The highest BCUT2D eigenvalue weighted by Gasteiger charge is 2.18. The van der Waals surface area contributed by atoms with Gasteiger partial charge < -0.3 is 10.0 Å². The van der Waals surface area contributed by atoms with E-state index in [1.54, 1.807) is 6.33 Å². The van der Waals surface area contributed by atoms with Crippen molar-refractivity contribution in [1.82, 2.24) is 9.97 Å². The van der Waals surface area contributed by atoms with Crippen LogP contribution in [0.5, 0.6) is 0 Å². The summed E-state index contributed by atoms with van der Waals surface area (Å²) in [7, 11) is 0. The third-order valence-corrected chi connectivity index (χ3v) is 3.12. The quantitative estimate of drug-likeness (QED) is 0.865. The van der Waals surface area contributed by atoms with Crippen LogP contribution in [0, 0.1) is 5.92 Å². The van der Waals surface area contributed by atoms with E-state index in [9.17, 15) is 5.11 Å². The SMILES string of the molecule is CC(C)Cc1cc(N2CCC(O)CC2)ncn1. The molecule has 1 aliphatic heterocycles. The highest BCUT2D eigenvalue weighted by molar-refractivity contribution is 5.39. The van der Waals surface area contributed by atoms with Gasteiger partial charge in [-0.3, -0.25) is 0 Å². The predicted octanol–water partition coefficient (Wildman–Crippen LogP) is 1.64. The molecule has 1 aliphatic rings. The Hall–Kier alpha value is -1.16. The second-order valence-electron chi connectivity index (χ2n) is 5.18. The Morgan fingerprint density at radius 1 is 1.35 bits per heavy atom. The van der Waals surface area contributed by atoms with Crippen molar-refractivity contribution >= 4 is 5.82 Å². The summed E-state index contributed by atoms with van der Waals surface area (Å²) in [6.45, 7) is 6.16. The first-order chi connectivity index (χ1) is 8.15. The molecule has 94 valence electrons. The highest BCUT2D eigenvalue weighted by Crippen LogP contribution is 2.18. The molecule has 1 saturated heterocycles. The summed E-state index contributed by atoms with van der Waals surface area (Å²) in [6.07, 6.45) is 4.18. The summed E-state index contributed by atoms with van der Waals surface area (Å²) >= 11 is 0. The molecule has 0 spiro atoms. The first-order valence-electron chi connectivity index (χ1n) is 6.39. The molecule has 2 heterocycles. The van der Waals surface area contributed by atoms with E-state index in [-0.39, 0.29) is 6.10 Å². The number of piperidine rings is 1. The van der Waals surface area contributed by atoms with E-state index in [1.165, 1.54) is 0 Å². The maximum Gasteiger partial charge on any atom is 0.132 e. The molecule has 4 heteroatoms. The fourth-order valence-electron chi connectivity index (χ4n) is 2.18. The summed E-state index contributed by atoms with van der Waals surface area (Å²) in [5.74, 6) is 1.61. The molecule has 0 saturated carbocycles. The first-order valence-corrected chi connectivity index (χ1v) is 6.39. The van der Waals surface area contributed by atoms with Gasteiger partial charge in [-0.05, 0) is 25.2 Å². The Morgan fingerprint density at radius 2 is 2.06 bits per heavy atom. The number of aromatic nitrogens is 2. The summed E-state index contributed by atoms with van der Waals surface area (Å²) in [6, 6.07) is 2.08. The van der Waals surface area contributed by atoms with Crippen LogP contribution in [0.4, 0.5) is 5.82 Å². The molecule has 2 rings (SSSR count). The van der Waals surface area contributed by atoms with Crippen LogP contribution in [0.3, 0.4) is 0 Å². The first kappa shape index (κ1) is 12.3. The third-order valence-electron chi connectivity index (χ3n) is 3.12. The topological polar surface area (TPSA) is 49.2 Å². The minimum absolute atomic E-state index is 0.136. The van der Waals surface area contributed by atoms with Crippen LogP contribution in [0.1, 0.15) is 32.4 Å². The van der Waals surface area contributed by atoms with Gasteiger partial charge in [0.15, 0.2) is 0 Å². The second kappa shape index (κ2) is 5.45. The smallest absolute Gasteiger partial charge is 0.132 e. The molecule has 1 aromatic heterocycles. The average Bonchev–Trinajstić information content (AvgIpc) is 2.29. The van der Waals surface area contributed by atoms with Crippen molar-refractivity contribution in [3.63, 3.8) is 0 Å². The lowest BCUT2D eigenvalue weighted by atomic mass is 10.1. The number of nitrogens with zero attached hydrogens (tertiary/aromatic N) is 3. The number of aliphatic hydroxyl groups is 1. The van der Waals surface area contributed by atoms with Crippen molar-refractivity contribution in [2.75, 3.05) is 18.0 Å². The molecule has 1 aromatic rings. The van der Waals surface area contributed by atoms with E-state index in [0.29, 0.717) is 5.92 Å². The van der Waals surface area contributed by atoms with Crippen molar-refractivity contribution in [1.29, 1.82) is 0 Å². The van der Waals surface area contributed by atoms with E-state index in [4.69, 9.17) is 0 Å². The lowest BCUT2D eigenvalue weighted by Gasteiger charge is -2.30. The van der Waals surface area contributed by atoms with E-state index < -0.39 is 0 Å². The molecule has 0 bridgehead atoms. The van der Waals surface area contributed by atoms with Crippen molar-refractivity contribution < 1.29 is 5.11 Å². The van der Waals surface area contributed by atoms with Gasteiger partial charge in [0.1, 0.15) is 12.1 Å². The van der Waals surface area contributed by atoms with Gasteiger partial charge in [-0.25, -0.2) is 9.97 Å². The Kier molecular flexibility index (Phi) is 3.94. The largest absolute Gasteiger partial charge is 0.393 e. The zero-order valence-corrected chi connectivity index (χ0v) is 10.6. The number of aliphatic hydroxyl groups excluding tert-OH is 1. The zero-order chi connectivity index (χ0) is 12.3. The highest BCUT2D eigenvalue weighted by atomic mass is 16.3. The van der Waals surface area contributed by atoms with Crippen LogP contribution in [-0.2, 0) is 6.42 Å². The van der Waals surface area contributed by atoms with E-state index in [2.05, 4.69) is 34.8 Å². The second-order valence-corrected chi connectivity index (χ2v) is 5.18. The number of anilines is 1.